The second kappa shape index (κ2) is 5.56. The van der Waals surface area contributed by atoms with Crippen LogP contribution < -0.4 is 5.32 Å². The SMILES string of the molecule is Cc1cc(F)c(NC(=O)[C@@H]2CCC[C@@H]2C(=O)O)cc1F. The molecule has 0 heterocycles. The number of carboxylic acid groups (broad SMARTS) is 1. The molecule has 0 spiro atoms. The molecule has 1 aromatic carbocycles. The highest BCUT2D eigenvalue weighted by Crippen LogP contribution is 2.33. The molecular weight excluding hydrogens is 268 g/mol. The zero-order valence-corrected chi connectivity index (χ0v) is 11.0. The number of carbonyl (C=O) groups excluding carboxylic acids is 1. The van der Waals surface area contributed by atoms with Gasteiger partial charge in [-0.1, -0.05) is 6.42 Å². The molecule has 1 amide bonds. The Morgan fingerprint density at radius 3 is 2.50 bits per heavy atom. The lowest BCUT2D eigenvalue weighted by Gasteiger charge is -2.16. The summed E-state index contributed by atoms with van der Waals surface area (Å²) in [6, 6.07) is 1.90. The van der Waals surface area contributed by atoms with Crippen LogP contribution >= 0.6 is 0 Å². The number of halogens is 2. The molecule has 0 radical (unpaired) electrons. The molecule has 1 fully saturated rings. The van der Waals surface area contributed by atoms with Gasteiger partial charge >= 0.3 is 5.97 Å². The first-order valence-corrected chi connectivity index (χ1v) is 6.39. The van der Waals surface area contributed by atoms with Crippen LogP contribution in [0.3, 0.4) is 0 Å². The Bertz CT molecular complexity index is 560. The van der Waals surface area contributed by atoms with Crippen LogP contribution in [0.1, 0.15) is 24.8 Å². The first-order valence-electron chi connectivity index (χ1n) is 6.39. The van der Waals surface area contributed by atoms with E-state index in [9.17, 15) is 18.4 Å². The molecule has 0 aliphatic heterocycles. The van der Waals surface area contributed by atoms with Gasteiger partial charge in [-0.3, -0.25) is 9.59 Å². The maximum absolute atomic E-state index is 13.6. The minimum absolute atomic E-state index is 0.143. The van der Waals surface area contributed by atoms with Gasteiger partial charge in [-0.15, -0.1) is 0 Å². The zero-order chi connectivity index (χ0) is 14.9. The van der Waals surface area contributed by atoms with E-state index in [2.05, 4.69) is 5.32 Å². The average molecular weight is 283 g/mol. The number of carbonyl (C=O) groups is 2. The van der Waals surface area contributed by atoms with Gasteiger partial charge in [0.15, 0.2) is 0 Å². The van der Waals surface area contributed by atoms with Gasteiger partial charge < -0.3 is 10.4 Å². The van der Waals surface area contributed by atoms with Gasteiger partial charge in [-0.25, -0.2) is 8.78 Å². The third-order valence-corrected chi connectivity index (χ3v) is 3.68. The summed E-state index contributed by atoms with van der Waals surface area (Å²) in [4.78, 5) is 23.0. The average Bonchev–Trinajstić information content (AvgIpc) is 2.85. The lowest BCUT2D eigenvalue weighted by Crippen LogP contribution is -2.30. The number of amides is 1. The minimum Gasteiger partial charge on any atom is -0.481 e. The van der Waals surface area contributed by atoms with Crippen LogP contribution in [0.25, 0.3) is 0 Å². The Labute approximate surface area is 114 Å². The molecule has 2 N–H and O–H groups in total. The fraction of sp³-hybridized carbons (Fsp3) is 0.429. The Morgan fingerprint density at radius 1 is 1.20 bits per heavy atom. The predicted octanol–water partition coefficient (Wildman–Crippen LogP) is 2.71. The summed E-state index contributed by atoms with van der Waals surface area (Å²) in [7, 11) is 0. The number of aryl methyl sites for hydroxylation is 1. The molecule has 1 aromatic rings. The molecule has 0 unspecified atom stereocenters. The second-order valence-electron chi connectivity index (χ2n) is 5.05. The number of aliphatic carboxylic acids is 1. The molecule has 0 aromatic heterocycles. The van der Waals surface area contributed by atoms with E-state index in [0.717, 1.165) is 12.1 Å². The van der Waals surface area contributed by atoms with Gasteiger partial charge in [0.1, 0.15) is 11.6 Å². The number of hydrogen-bond donors (Lipinski definition) is 2. The third kappa shape index (κ3) is 2.79. The summed E-state index contributed by atoms with van der Waals surface area (Å²) in [5.41, 5.74) is -0.112. The molecule has 0 bridgehead atoms. The molecule has 2 rings (SSSR count). The summed E-state index contributed by atoms with van der Waals surface area (Å²) >= 11 is 0. The van der Waals surface area contributed by atoms with Crippen LogP contribution in [0.5, 0.6) is 0 Å². The first kappa shape index (κ1) is 14.4. The van der Waals surface area contributed by atoms with Gasteiger partial charge in [0.25, 0.3) is 0 Å². The molecule has 1 aliphatic carbocycles. The third-order valence-electron chi connectivity index (χ3n) is 3.68. The van der Waals surface area contributed by atoms with Gasteiger partial charge in [0.2, 0.25) is 5.91 Å². The highest BCUT2D eigenvalue weighted by molar-refractivity contribution is 5.95. The monoisotopic (exact) mass is 283 g/mol. The van der Waals surface area contributed by atoms with Gasteiger partial charge in [0, 0.05) is 6.07 Å². The van der Waals surface area contributed by atoms with Crippen LogP contribution in [-0.4, -0.2) is 17.0 Å². The zero-order valence-electron chi connectivity index (χ0n) is 11.0. The maximum Gasteiger partial charge on any atom is 0.307 e. The molecule has 2 atom stereocenters. The lowest BCUT2D eigenvalue weighted by atomic mass is 9.95. The summed E-state index contributed by atoms with van der Waals surface area (Å²) < 4.78 is 27.0. The van der Waals surface area contributed by atoms with Crippen LogP contribution in [-0.2, 0) is 9.59 Å². The number of anilines is 1. The van der Waals surface area contributed by atoms with E-state index in [1.165, 1.54) is 6.92 Å². The summed E-state index contributed by atoms with van der Waals surface area (Å²) in [5.74, 6) is -4.41. The number of nitrogens with one attached hydrogen (secondary N) is 1. The largest absolute Gasteiger partial charge is 0.481 e. The van der Waals surface area contributed by atoms with Crippen molar-refractivity contribution in [1.29, 1.82) is 0 Å². The Kier molecular flexibility index (Phi) is 4.01. The Hall–Kier alpha value is -1.98. The summed E-state index contributed by atoms with van der Waals surface area (Å²) in [6.45, 7) is 1.42. The van der Waals surface area contributed by atoms with E-state index in [1.54, 1.807) is 0 Å². The fourth-order valence-electron chi connectivity index (χ4n) is 2.54. The number of carboxylic acids is 1. The normalized spacial score (nSPS) is 21.8. The topological polar surface area (TPSA) is 66.4 Å². The van der Waals surface area contributed by atoms with E-state index in [4.69, 9.17) is 5.11 Å². The van der Waals surface area contributed by atoms with Crippen LogP contribution in [0.15, 0.2) is 12.1 Å². The second-order valence-corrected chi connectivity index (χ2v) is 5.05. The highest BCUT2D eigenvalue weighted by Gasteiger charge is 2.37. The smallest absolute Gasteiger partial charge is 0.307 e. The number of hydrogen-bond acceptors (Lipinski definition) is 2. The van der Waals surface area contributed by atoms with E-state index in [1.807, 2.05) is 0 Å². The van der Waals surface area contributed by atoms with Crippen LogP contribution in [0, 0.1) is 30.4 Å². The number of benzene rings is 1. The van der Waals surface area contributed by atoms with Crippen molar-refractivity contribution < 1.29 is 23.5 Å². The minimum atomic E-state index is -1.03. The van der Waals surface area contributed by atoms with Gasteiger partial charge in [-0.2, -0.15) is 0 Å². The van der Waals surface area contributed by atoms with Crippen molar-refractivity contribution in [3.05, 3.63) is 29.3 Å². The molecule has 20 heavy (non-hydrogen) atoms. The molecule has 108 valence electrons. The van der Waals surface area contributed by atoms with Gasteiger partial charge in [0.05, 0.1) is 17.5 Å². The maximum atomic E-state index is 13.6. The van der Waals surface area contributed by atoms with Gasteiger partial charge in [-0.05, 0) is 31.4 Å². The van der Waals surface area contributed by atoms with E-state index in [-0.39, 0.29) is 11.3 Å². The first-order chi connectivity index (χ1) is 9.40. The fourth-order valence-corrected chi connectivity index (χ4v) is 2.54. The van der Waals surface area contributed by atoms with Crippen molar-refractivity contribution >= 4 is 17.6 Å². The molecule has 1 aliphatic rings. The van der Waals surface area contributed by atoms with Crippen molar-refractivity contribution in [2.24, 2.45) is 11.8 Å². The molecular formula is C14H15F2NO3. The quantitative estimate of drug-likeness (QED) is 0.896. The van der Waals surface area contributed by atoms with Crippen molar-refractivity contribution in [2.45, 2.75) is 26.2 Å². The summed E-state index contributed by atoms with van der Waals surface area (Å²) in [5, 5.41) is 11.3. The molecule has 6 heteroatoms. The molecule has 0 saturated heterocycles. The molecule has 4 nitrogen and oxygen atoms in total. The number of rotatable bonds is 3. The Morgan fingerprint density at radius 2 is 1.85 bits per heavy atom. The standard InChI is InChI=1S/C14H15F2NO3/c1-7-5-11(16)12(6-10(7)15)17-13(18)8-3-2-4-9(8)14(19)20/h5-6,8-9H,2-4H2,1H3,(H,17,18)(H,19,20)/t8-,9+/m1/s1. The van der Waals surface area contributed by atoms with E-state index >= 15 is 0 Å². The predicted molar refractivity (Wildman–Crippen MR) is 68.2 cm³/mol. The van der Waals surface area contributed by atoms with Crippen LogP contribution in [0.2, 0.25) is 0 Å². The van der Waals surface area contributed by atoms with Crippen molar-refractivity contribution in [2.75, 3.05) is 5.32 Å². The highest BCUT2D eigenvalue weighted by atomic mass is 19.1. The Balaban J connectivity index is 2.16. The lowest BCUT2D eigenvalue weighted by molar-refractivity contribution is -0.145. The van der Waals surface area contributed by atoms with E-state index in [0.29, 0.717) is 19.3 Å². The van der Waals surface area contributed by atoms with E-state index < -0.39 is 35.3 Å². The van der Waals surface area contributed by atoms with Crippen LogP contribution in [0.4, 0.5) is 14.5 Å². The summed E-state index contributed by atoms with van der Waals surface area (Å²) in [6.07, 6.45) is 1.51. The van der Waals surface area contributed by atoms with Crippen molar-refractivity contribution in [1.82, 2.24) is 0 Å². The molecule has 1 saturated carbocycles. The van der Waals surface area contributed by atoms with Crippen molar-refractivity contribution in [3.63, 3.8) is 0 Å². The van der Waals surface area contributed by atoms with Crippen molar-refractivity contribution in [3.8, 4) is 0 Å².